The maximum absolute atomic E-state index is 10.9. The molecule has 68 valence electrons. The molecule has 12 heavy (non-hydrogen) atoms. The molecule has 0 saturated heterocycles. The normalized spacial score (nSPS) is 9.17. The zero-order chi connectivity index (χ0) is 9.56. The summed E-state index contributed by atoms with van der Waals surface area (Å²) in [5.41, 5.74) is 0. The Kier molecular flexibility index (Phi) is 5.62. The van der Waals surface area contributed by atoms with Crippen molar-refractivity contribution in [3.63, 3.8) is 0 Å². The Balaban J connectivity index is 4.03. The van der Waals surface area contributed by atoms with Crippen molar-refractivity contribution in [1.82, 2.24) is 4.90 Å². The van der Waals surface area contributed by atoms with E-state index in [1.54, 1.807) is 6.08 Å². The molecular formula is C8H12BrNO2. The van der Waals surface area contributed by atoms with E-state index in [4.69, 9.17) is 0 Å². The van der Waals surface area contributed by atoms with Gasteiger partial charge in [-0.2, -0.15) is 0 Å². The van der Waals surface area contributed by atoms with E-state index in [2.05, 4.69) is 22.5 Å². The average molecular weight is 234 g/mol. The molecule has 0 radical (unpaired) electrons. The van der Waals surface area contributed by atoms with Crippen LogP contribution in [0.4, 0.5) is 0 Å². The first-order chi connectivity index (χ1) is 5.61. The molecule has 3 nitrogen and oxygen atoms in total. The number of Topliss-reactive ketones (excluding diaryl/α,β-unsaturated/α-hetero) is 1. The van der Waals surface area contributed by atoms with E-state index in [-0.39, 0.29) is 23.6 Å². The van der Waals surface area contributed by atoms with Gasteiger partial charge in [0.05, 0.1) is 11.9 Å². The van der Waals surface area contributed by atoms with Crippen LogP contribution in [-0.2, 0) is 9.59 Å². The van der Waals surface area contributed by atoms with Gasteiger partial charge in [-0.15, -0.1) is 6.58 Å². The first-order valence-electron chi connectivity index (χ1n) is 3.56. The first kappa shape index (κ1) is 11.4. The monoisotopic (exact) mass is 233 g/mol. The molecule has 0 aromatic rings. The molecule has 0 aromatic heterocycles. The average Bonchev–Trinajstić information content (AvgIpc) is 2.03. The first-order valence-corrected chi connectivity index (χ1v) is 4.68. The van der Waals surface area contributed by atoms with Crippen molar-refractivity contribution in [1.29, 1.82) is 0 Å². The third-order valence-electron chi connectivity index (χ3n) is 1.31. The van der Waals surface area contributed by atoms with Gasteiger partial charge in [0.15, 0.2) is 5.78 Å². The highest BCUT2D eigenvalue weighted by molar-refractivity contribution is 9.09. The summed E-state index contributed by atoms with van der Waals surface area (Å²) in [6.45, 7) is 5.52. The molecule has 4 heteroatoms. The predicted octanol–water partition coefficient (Wildman–Crippen LogP) is 0.985. The standard InChI is InChI=1S/C8H12BrNO2/c1-3-4-10(7(2)11)6-8(12)5-9/h3H,1,4-6H2,2H3. The third kappa shape index (κ3) is 4.28. The Bertz CT molecular complexity index is 191. The van der Waals surface area contributed by atoms with Crippen LogP contribution in [0.5, 0.6) is 0 Å². The molecule has 0 aliphatic carbocycles. The molecule has 0 aromatic carbocycles. The highest BCUT2D eigenvalue weighted by Gasteiger charge is 2.10. The van der Waals surface area contributed by atoms with E-state index >= 15 is 0 Å². The van der Waals surface area contributed by atoms with Crippen molar-refractivity contribution in [2.24, 2.45) is 0 Å². The predicted molar refractivity (Wildman–Crippen MR) is 51.3 cm³/mol. The van der Waals surface area contributed by atoms with Gasteiger partial charge in [-0.25, -0.2) is 0 Å². The van der Waals surface area contributed by atoms with Gasteiger partial charge in [0, 0.05) is 13.5 Å². The van der Waals surface area contributed by atoms with Crippen LogP contribution in [0.15, 0.2) is 12.7 Å². The van der Waals surface area contributed by atoms with Crippen molar-refractivity contribution in [2.45, 2.75) is 6.92 Å². The fourth-order valence-corrected chi connectivity index (χ4v) is 0.893. The van der Waals surface area contributed by atoms with Gasteiger partial charge in [0.2, 0.25) is 5.91 Å². The molecule has 0 rings (SSSR count). The van der Waals surface area contributed by atoms with E-state index in [0.717, 1.165) is 0 Å². The number of carbonyl (C=O) groups is 2. The Hall–Kier alpha value is -0.640. The highest BCUT2D eigenvalue weighted by Crippen LogP contribution is 1.92. The minimum absolute atomic E-state index is 0.00736. The van der Waals surface area contributed by atoms with Crippen LogP contribution in [0.25, 0.3) is 0 Å². The number of amides is 1. The van der Waals surface area contributed by atoms with Crippen molar-refractivity contribution in [2.75, 3.05) is 18.4 Å². The smallest absolute Gasteiger partial charge is 0.220 e. The number of alkyl halides is 1. The van der Waals surface area contributed by atoms with Crippen LogP contribution in [0.2, 0.25) is 0 Å². The maximum atomic E-state index is 10.9. The Morgan fingerprint density at radius 3 is 2.50 bits per heavy atom. The summed E-state index contributed by atoms with van der Waals surface area (Å²) >= 11 is 3.03. The number of halogens is 1. The number of ketones is 1. The number of hydrogen-bond acceptors (Lipinski definition) is 2. The minimum Gasteiger partial charge on any atom is -0.332 e. The lowest BCUT2D eigenvalue weighted by Gasteiger charge is -2.17. The Morgan fingerprint density at radius 1 is 1.58 bits per heavy atom. The molecule has 0 aliphatic rings. The zero-order valence-electron chi connectivity index (χ0n) is 7.05. The molecule has 0 unspecified atom stereocenters. The molecule has 0 aliphatic heterocycles. The van der Waals surface area contributed by atoms with Gasteiger partial charge in [0.1, 0.15) is 0 Å². The van der Waals surface area contributed by atoms with E-state index in [1.165, 1.54) is 11.8 Å². The fourth-order valence-electron chi connectivity index (χ4n) is 0.715. The van der Waals surface area contributed by atoms with Crippen LogP contribution in [0.3, 0.4) is 0 Å². The summed E-state index contributed by atoms with van der Waals surface area (Å²) in [5, 5.41) is 0.286. The van der Waals surface area contributed by atoms with Gasteiger partial charge in [-0.3, -0.25) is 9.59 Å². The van der Waals surface area contributed by atoms with Gasteiger partial charge in [-0.05, 0) is 0 Å². The second-order valence-electron chi connectivity index (χ2n) is 2.36. The van der Waals surface area contributed by atoms with Gasteiger partial charge < -0.3 is 4.90 Å². The van der Waals surface area contributed by atoms with E-state index < -0.39 is 0 Å². The topological polar surface area (TPSA) is 37.4 Å². The largest absolute Gasteiger partial charge is 0.332 e. The lowest BCUT2D eigenvalue weighted by molar-refractivity contribution is -0.132. The molecule has 0 spiro atoms. The lowest BCUT2D eigenvalue weighted by atomic mass is 10.3. The molecule has 0 saturated carbocycles. The maximum Gasteiger partial charge on any atom is 0.220 e. The number of carbonyl (C=O) groups excluding carboxylic acids is 2. The Morgan fingerprint density at radius 2 is 2.17 bits per heavy atom. The van der Waals surface area contributed by atoms with Gasteiger partial charge in [0.25, 0.3) is 0 Å². The second-order valence-corrected chi connectivity index (χ2v) is 2.92. The van der Waals surface area contributed by atoms with E-state index in [1.807, 2.05) is 0 Å². The summed E-state index contributed by atoms with van der Waals surface area (Å²) in [6.07, 6.45) is 1.60. The summed E-state index contributed by atoms with van der Waals surface area (Å²) in [7, 11) is 0. The highest BCUT2D eigenvalue weighted by atomic mass is 79.9. The quantitative estimate of drug-likeness (QED) is 0.525. The van der Waals surface area contributed by atoms with Crippen molar-refractivity contribution < 1.29 is 9.59 Å². The van der Waals surface area contributed by atoms with Crippen LogP contribution in [0.1, 0.15) is 6.92 Å². The fraction of sp³-hybridized carbons (Fsp3) is 0.500. The number of rotatable bonds is 5. The molecule has 0 N–H and O–H groups in total. The van der Waals surface area contributed by atoms with E-state index in [0.29, 0.717) is 6.54 Å². The second kappa shape index (κ2) is 5.94. The zero-order valence-corrected chi connectivity index (χ0v) is 8.63. The van der Waals surface area contributed by atoms with Gasteiger partial charge in [-0.1, -0.05) is 22.0 Å². The molecule has 0 heterocycles. The molecule has 0 fully saturated rings. The molecule has 0 bridgehead atoms. The lowest BCUT2D eigenvalue weighted by Crippen LogP contribution is -2.34. The summed E-state index contributed by atoms with van der Waals surface area (Å²) < 4.78 is 0. The van der Waals surface area contributed by atoms with E-state index in [9.17, 15) is 9.59 Å². The number of nitrogens with zero attached hydrogens (tertiary/aromatic N) is 1. The molecule has 0 atom stereocenters. The van der Waals surface area contributed by atoms with Crippen LogP contribution in [0, 0.1) is 0 Å². The summed E-state index contributed by atoms with van der Waals surface area (Å²) in [5.74, 6) is -0.115. The third-order valence-corrected chi connectivity index (χ3v) is 1.94. The SMILES string of the molecule is C=CCN(CC(=O)CBr)C(C)=O. The van der Waals surface area contributed by atoms with Crippen molar-refractivity contribution >= 4 is 27.6 Å². The summed E-state index contributed by atoms with van der Waals surface area (Å²) in [6, 6.07) is 0. The summed E-state index contributed by atoms with van der Waals surface area (Å²) in [4.78, 5) is 23.3. The van der Waals surface area contributed by atoms with Crippen LogP contribution >= 0.6 is 15.9 Å². The number of hydrogen-bond donors (Lipinski definition) is 0. The Labute approximate surface area is 80.6 Å². The van der Waals surface area contributed by atoms with Crippen molar-refractivity contribution in [3.8, 4) is 0 Å². The van der Waals surface area contributed by atoms with Crippen molar-refractivity contribution in [3.05, 3.63) is 12.7 Å². The molecule has 1 amide bonds. The van der Waals surface area contributed by atoms with Crippen LogP contribution in [-0.4, -0.2) is 35.0 Å². The van der Waals surface area contributed by atoms with Gasteiger partial charge >= 0.3 is 0 Å². The van der Waals surface area contributed by atoms with Crippen LogP contribution < -0.4 is 0 Å². The minimum atomic E-state index is -0.107. The molecular weight excluding hydrogens is 222 g/mol.